The fourth-order valence-corrected chi connectivity index (χ4v) is 2.34. The predicted molar refractivity (Wildman–Crippen MR) is 71.3 cm³/mol. The van der Waals surface area contributed by atoms with Crippen LogP contribution in [0, 0.1) is 0 Å². The average molecular weight is 244 g/mol. The summed E-state index contributed by atoms with van der Waals surface area (Å²) < 4.78 is 4.50. The van der Waals surface area contributed by atoms with E-state index >= 15 is 0 Å². The number of aromatic nitrogens is 3. The van der Waals surface area contributed by atoms with Crippen LogP contribution in [0.5, 0.6) is 0 Å². The molecule has 1 aliphatic carbocycles. The van der Waals surface area contributed by atoms with Crippen LogP contribution >= 0.6 is 0 Å². The highest BCUT2D eigenvalue weighted by atomic mass is 15.1. The van der Waals surface area contributed by atoms with Crippen molar-refractivity contribution in [3.8, 4) is 0 Å². The van der Waals surface area contributed by atoms with Gasteiger partial charge in [-0.15, -0.1) is 0 Å². The van der Waals surface area contributed by atoms with Gasteiger partial charge in [-0.25, -0.2) is 4.98 Å². The second-order valence-corrected chi connectivity index (χ2v) is 5.16. The maximum absolute atomic E-state index is 6.04. The van der Waals surface area contributed by atoms with Crippen LogP contribution in [0.1, 0.15) is 49.5 Å². The second-order valence-electron chi connectivity index (χ2n) is 5.16. The Bertz CT molecular complexity index is 521. The number of nitrogens with zero attached hydrogens (tertiary/aromatic N) is 3. The molecule has 2 N–H and O–H groups in total. The molecule has 1 saturated carbocycles. The van der Waals surface area contributed by atoms with E-state index in [1.54, 1.807) is 0 Å². The van der Waals surface area contributed by atoms with Gasteiger partial charge in [0.2, 0.25) is 0 Å². The maximum Gasteiger partial charge on any atom is 0.0951 e. The summed E-state index contributed by atoms with van der Waals surface area (Å²) in [6, 6.07) is 2.96. The van der Waals surface area contributed by atoms with Gasteiger partial charge in [0.25, 0.3) is 0 Å². The highest BCUT2D eigenvalue weighted by Gasteiger charge is 2.25. The monoisotopic (exact) mass is 244 g/mol. The molecule has 0 bridgehead atoms. The molecule has 1 fully saturated rings. The normalized spacial score (nSPS) is 17.0. The number of hydrogen-bond acceptors (Lipinski definition) is 2. The standard InChI is InChI=1S/C14H20N4/c1-2-14(15)11-5-6-17(8-11)9-13-7-16-10-18(13)12-3-4-12/h5-8,10,12,14H,2-4,9,15H2,1H3. The first-order valence-electron chi connectivity index (χ1n) is 6.70. The van der Waals surface area contributed by atoms with Crippen LogP contribution in [0.4, 0.5) is 0 Å². The fourth-order valence-electron chi connectivity index (χ4n) is 2.34. The van der Waals surface area contributed by atoms with Crippen molar-refractivity contribution in [1.29, 1.82) is 0 Å². The summed E-state index contributed by atoms with van der Waals surface area (Å²) in [5.41, 5.74) is 8.54. The molecule has 4 heteroatoms. The van der Waals surface area contributed by atoms with Gasteiger partial charge in [-0.1, -0.05) is 6.92 Å². The number of rotatable bonds is 5. The van der Waals surface area contributed by atoms with Crippen molar-refractivity contribution in [3.05, 3.63) is 42.2 Å². The van der Waals surface area contributed by atoms with Gasteiger partial charge in [-0.05, 0) is 30.9 Å². The van der Waals surface area contributed by atoms with Crippen molar-refractivity contribution in [2.24, 2.45) is 5.73 Å². The van der Waals surface area contributed by atoms with E-state index in [1.165, 1.54) is 24.1 Å². The van der Waals surface area contributed by atoms with E-state index in [-0.39, 0.29) is 6.04 Å². The van der Waals surface area contributed by atoms with E-state index in [4.69, 9.17) is 5.73 Å². The van der Waals surface area contributed by atoms with Gasteiger partial charge in [0.15, 0.2) is 0 Å². The zero-order valence-electron chi connectivity index (χ0n) is 10.8. The maximum atomic E-state index is 6.04. The van der Waals surface area contributed by atoms with Crippen LogP contribution in [0.25, 0.3) is 0 Å². The second kappa shape index (κ2) is 4.61. The van der Waals surface area contributed by atoms with Crippen LogP contribution < -0.4 is 5.73 Å². The van der Waals surface area contributed by atoms with E-state index in [9.17, 15) is 0 Å². The Kier molecular flexibility index (Phi) is 2.96. The van der Waals surface area contributed by atoms with Crippen LogP contribution in [0.15, 0.2) is 31.0 Å². The SMILES string of the molecule is CCC(N)c1ccn(Cc2cncn2C2CC2)c1. The minimum atomic E-state index is 0.152. The van der Waals surface area contributed by atoms with Gasteiger partial charge in [0.1, 0.15) is 0 Å². The molecule has 2 heterocycles. The molecular formula is C14H20N4. The molecule has 18 heavy (non-hydrogen) atoms. The largest absolute Gasteiger partial charge is 0.348 e. The number of hydrogen-bond donors (Lipinski definition) is 1. The van der Waals surface area contributed by atoms with Crippen LogP contribution in [0.3, 0.4) is 0 Å². The predicted octanol–water partition coefficient (Wildman–Crippen LogP) is 2.48. The molecule has 1 aliphatic rings. The Balaban J connectivity index is 1.75. The minimum absolute atomic E-state index is 0.152. The molecule has 4 nitrogen and oxygen atoms in total. The van der Waals surface area contributed by atoms with Gasteiger partial charge >= 0.3 is 0 Å². The van der Waals surface area contributed by atoms with Gasteiger partial charge in [0, 0.05) is 30.7 Å². The molecule has 0 spiro atoms. The molecule has 3 rings (SSSR count). The topological polar surface area (TPSA) is 48.8 Å². The van der Waals surface area contributed by atoms with Gasteiger partial charge < -0.3 is 14.9 Å². The Labute approximate surface area is 107 Å². The molecule has 0 aromatic carbocycles. The Morgan fingerprint density at radius 2 is 2.33 bits per heavy atom. The quantitative estimate of drug-likeness (QED) is 0.878. The summed E-state index contributed by atoms with van der Waals surface area (Å²) in [4.78, 5) is 4.26. The fraction of sp³-hybridized carbons (Fsp3) is 0.500. The molecule has 1 unspecified atom stereocenters. The lowest BCUT2D eigenvalue weighted by Gasteiger charge is -2.08. The molecule has 0 aliphatic heterocycles. The average Bonchev–Trinajstić information content (AvgIpc) is 2.95. The van der Waals surface area contributed by atoms with Crippen molar-refractivity contribution < 1.29 is 0 Å². The smallest absolute Gasteiger partial charge is 0.0951 e. The highest BCUT2D eigenvalue weighted by Crippen LogP contribution is 2.35. The Hall–Kier alpha value is -1.55. The molecule has 96 valence electrons. The third-order valence-corrected chi connectivity index (χ3v) is 3.67. The van der Waals surface area contributed by atoms with Crippen LogP contribution in [-0.4, -0.2) is 14.1 Å². The van der Waals surface area contributed by atoms with Crippen molar-refractivity contribution >= 4 is 0 Å². The molecule has 1 atom stereocenters. The van der Waals surface area contributed by atoms with Gasteiger partial charge in [0.05, 0.1) is 18.6 Å². The lowest BCUT2D eigenvalue weighted by atomic mass is 10.1. The summed E-state index contributed by atoms with van der Waals surface area (Å²) >= 11 is 0. The zero-order valence-corrected chi connectivity index (χ0v) is 10.8. The third-order valence-electron chi connectivity index (χ3n) is 3.67. The van der Waals surface area contributed by atoms with E-state index in [2.05, 4.69) is 39.5 Å². The number of nitrogens with two attached hydrogens (primary N) is 1. The summed E-state index contributed by atoms with van der Waals surface area (Å²) in [6.07, 6.45) is 11.7. The zero-order chi connectivity index (χ0) is 12.5. The highest BCUT2D eigenvalue weighted by molar-refractivity contribution is 5.16. The summed E-state index contributed by atoms with van der Waals surface area (Å²) in [5.74, 6) is 0. The van der Waals surface area contributed by atoms with E-state index in [1.807, 2.05) is 12.5 Å². The lowest BCUT2D eigenvalue weighted by molar-refractivity contribution is 0.652. The molecular weight excluding hydrogens is 224 g/mol. The van der Waals surface area contributed by atoms with Gasteiger partial charge in [-0.2, -0.15) is 0 Å². The minimum Gasteiger partial charge on any atom is -0.348 e. The third kappa shape index (κ3) is 2.20. The van der Waals surface area contributed by atoms with Crippen molar-refractivity contribution in [2.45, 2.75) is 44.8 Å². The molecule has 0 saturated heterocycles. The first-order chi connectivity index (χ1) is 8.78. The first-order valence-corrected chi connectivity index (χ1v) is 6.70. The summed E-state index contributed by atoms with van der Waals surface area (Å²) in [5, 5.41) is 0. The summed E-state index contributed by atoms with van der Waals surface area (Å²) in [7, 11) is 0. The van der Waals surface area contributed by atoms with Gasteiger partial charge in [-0.3, -0.25) is 0 Å². The Morgan fingerprint density at radius 3 is 3.06 bits per heavy atom. The molecule has 0 amide bonds. The number of imidazole rings is 1. The summed E-state index contributed by atoms with van der Waals surface area (Å²) in [6.45, 7) is 3.00. The molecule has 0 radical (unpaired) electrons. The van der Waals surface area contributed by atoms with Crippen molar-refractivity contribution in [3.63, 3.8) is 0 Å². The lowest BCUT2D eigenvalue weighted by Crippen LogP contribution is -2.08. The Morgan fingerprint density at radius 1 is 1.50 bits per heavy atom. The van der Waals surface area contributed by atoms with E-state index in [0.29, 0.717) is 6.04 Å². The first kappa shape index (κ1) is 11.5. The van der Waals surface area contributed by atoms with Crippen LogP contribution in [-0.2, 0) is 6.54 Å². The van der Waals surface area contributed by atoms with Crippen molar-refractivity contribution in [2.75, 3.05) is 0 Å². The van der Waals surface area contributed by atoms with Crippen LogP contribution in [0.2, 0.25) is 0 Å². The van der Waals surface area contributed by atoms with E-state index < -0.39 is 0 Å². The van der Waals surface area contributed by atoms with E-state index in [0.717, 1.165) is 13.0 Å². The van der Waals surface area contributed by atoms with Crippen molar-refractivity contribution in [1.82, 2.24) is 14.1 Å². The molecule has 2 aromatic heterocycles. The molecule has 2 aromatic rings.